The van der Waals surface area contributed by atoms with Crippen LogP contribution in [0.3, 0.4) is 0 Å². The highest BCUT2D eigenvalue weighted by atomic mass is 35.5. The maximum Gasteiger partial charge on any atom is 0.345 e. The molecule has 0 spiro atoms. The largest absolute Gasteiger partial charge is 0.416 e. The average molecular weight is 495 g/mol. The molecular formula is C20H13Cl2F5N2O3. The Morgan fingerprint density at radius 2 is 1.38 bits per heavy atom. The molecule has 0 bridgehead atoms. The number of halogens is 7. The SMILES string of the molecule is O=C(Oc1c(F)c(F)c(F)c(F)c1F)c1cc(Cl)cc(NC(=O)N(C2CC2)C2CC2)c1Cl. The number of benzene rings is 2. The second-order valence-corrected chi connectivity index (χ2v) is 8.22. The van der Waals surface area contributed by atoms with Gasteiger partial charge < -0.3 is 15.0 Å². The van der Waals surface area contributed by atoms with Gasteiger partial charge in [-0.05, 0) is 37.8 Å². The van der Waals surface area contributed by atoms with E-state index in [0.717, 1.165) is 31.7 Å². The van der Waals surface area contributed by atoms with Crippen LogP contribution in [0.25, 0.3) is 0 Å². The zero-order chi connectivity index (χ0) is 23.3. The lowest BCUT2D eigenvalue weighted by molar-refractivity contribution is 0.0716. The maximum atomic E-state index is 13.8. The van der Waals surface area contributed by atoms with Crippen LogP contribution in [-0.4, -0.2) is 29.0 Å². The number of nitrogens with zero attached hydrogens (tertiary/aromatic N) is 1. The van der Waals surface area contributed by atoms with E-state index in [1.807, 2.05) is 0 Å². The van der Waals surface area contributed by atoms with Crippen molar-refractivity contribution >= 4 is 40.9 Å². The number of hydrogen-bond acceptors (Lipinski definition) is 3. The van der Waals surface area contributed by atoms with Crippen LogP contribution >= 0.6 is 23.2 Å². The van der Waals surface area contributed by atoms with E-state index in [1.54, 1.807) is 4.90 Å². The molecule has 0 atom stereocenters. The fourth-order valence-corrected chi connectivity index (χ4v) is 3.62. The summed E-state index contributed by atoms with van der Waals surface area (Å²) in [6.07, 6.45) is 3.47. The van der Waals surface area contributed by atoms with E-state index in [9.17, 15) is 31.5 Å². The van der Waals surface area contributed by atoms with Crippen LogP contribution in [0.2, 0.25) is 10.0 Å². The van der Waals surface area contributed by atoms with Gasteiger partial charge in [-0.15, -0.1) is 0 Å². The number of hydrogen-bond donors (Lipinski definition) is 1. The van der Waals surface area contributed by atoms with E-state index < -0.39 is 52.4 Å². The summed E-state index contributed by atoms with van der Waals surface area (Å²) >= 11 is 12.1. The maximum absolute atomic E-state index is 13.8. The second kappa shape index (κ2) is 8.40. The van der Waals surface area contributed by atoms with Crippen LogP contribution in [0, 0.1) is 29.1 Å². The van der Waals surface area contributed by atoms with Crippen molar-refractivity contribution in [3.63, 3.8) is 0 Å². The van der Waals surface area contributed by atoms with Crippen molar-refractivity contribution in [2.75, 3.05) is 5.32 Å². The fraction of sp³-hybridized carbons (Fsp3) is 0.300. The quantitative estimate of drug-likeness (QED) is 0.180. The van der Waals surface area contributed by atoms with E-state index in [0.29, 0.717) is 0 Å². The normalized spacial score (nSPS) is 15.5. The van der Waals surface area contributed by atoms with Gasteiger partial charge in [-0.1, -0.05) is 23.2 Å². The molecule has 4 rings (SSSR count). The van der Waals surface area contributed by atoms with Crippen LogP contribution in [-0.2, 0) is 0 Å². The number of rotatable bonds is 5. The smallest absolute Gasteiger partial charge is 0.345 e. The highest BCUT2D eigenvalue weighted by Gasteiger charge is 2.42. The Hall–Kier alpha value is -2.59. The molecule has 2 amide bonds. The highest BCUT2D eigenvalue weighted by molar-refractivity contribution is 6.38. The molecule has 0 saturated heterocycles. The number of anilines is 1. The number of nitrogens with one attached hydrogen (secondary N) is 1. The minimum Gasteiger partial charge on any atom is -0.416 e. The van der Waals surface area contributed by atoms with E-state index >= 15 is 0 Å². The third kappa shape index (κ3) is 4.21. The first-order chi connectivity index (χ1) is 15.1. The Balaban J connectivity index is 1.61. The van der Waals surface area contributed by atoms with Crippen molar-refractivity contribution in [1.82, 2.24) is 4.90 Å². The predicted molar refractivity (Wildman–Crippen MR) is 105 cm³/mol. The third-order valence-electron chi connectivity index (χ3n) is 4.98. The molecule has 32 heavy (non-hydrogen) atoms. The summed E-state index contributed by atoms with van der Waals surface area (Å²) in [5.74, 6) is -15.0. The van der Waals surface area contributed by atoms with E-state index in [4.69, 9.17) is 23.2 Å². The van der Waals surface area contributed by atoms with Crippen molar-refractivity contribution in [1.29, 1.82) is 0 Å². The number of carbonyl (C=O) groups is 2. The summed E-state index contributed by atoms with van der Waals surface area (Å²) in [5.41, 5.74) is -0.636. The molecule has 1 N–H and O–H groups in total. The van der Waals surface area contributed by atoms with Crippen molar-refractivity contribution in [2.45, 2.75) is 37.8 Å². The Bertz CT molecular complexity index is 1100. The van der Waals surface area contributed by atoms with E-state index in [1.165, 1.54) is 6.07 Å². The molecule has 0 unspecified atom stereocenters. The van der Waals surface area contributed by atoms with Crippen LogP contribution in [0.1, 0.15) is 36.0 Å². The third-order valence-corrected chi connectivity index (χ3v) is 5.60. The van der Waals surface area contributed by atoms with Gasteiger partial charge in [0, 0.05) is 17.1 Å². The van der Waals surface area contributed by atoms with Gasteiger partial charge in [-0.3, -0.25) is 0 Å². The molecule has 170 valence electrons. The summed E-state index contributed by atoms with van der Waals surface area (Å²) in [5, 5.41) is 2.06. The Kier molecular flexibility index (Phi) is 5.93. The molecule has 5 nitrogen and oxygen atoms in total. The molecule has 2 aromatic rings. The van der Waals surface area contributed by atoms with Crippen LogP contribution in [0.15, 0.2) is 12.1 Å². The van der Waals surface area contributed by atoms with Gasteiger partial charge in [-0.2, -0.15) is 8.78 Å². The zero-order valence-corrected chi connectivity index (χ0v) is 17.5. The molecule has 2 aliphatic rings. The molecule has 2 fully saturated rings. The lowest BCUT2D eigenvalue weighted by atomic mass is 10.2. The summed E-state index contributed by atoms with van der Waals surface area (Å²) in [4.78, 5) is 26.8. The second-order valence-electron chi connectivity index (χ2n) is 7.40. The first-order valence-corrected chi connectivity index (χ1v) is 10.2. The Labute approximate surface area is 188 Å². The van der Waals surface area contributed by atoms with Crippen molar-refractivity contribution in [2.24, 2.45) is 0 Å². The standard InChI is InChI=1S/C20H13Cl2F5N2O3/c21-7-5-10(19(30)32-18-16(26)14(24)13(23)15(25)17(18)27)12(22)11(6-7)28-20(31)29(8-1-2-8)9-3-4-9/h5-6,8-9H,1-4H2,(H,28,31). The lowest BCUT2D eigenvalue weighted by Gasteiger charge is -2.23. The van der Waals surface area contributed by atoms with Crippen molar-refractivity contribution < 1.29 is 36.3 Å². The number of ether oxygens (including phenoxy) is 1. The van der Waals surface area contributed by atoms with Crippen molar-refractivity contribution in [3.05, 3.63) is 56.8 Å². The number of carbonyl (C=O) groups excluding carboxylic acids is 2. The fourth-order valence-electron chi connectivity index (χ4n) is 3.17. The molecule has 0 aromatic heterocycles. The Morgan fingerprint density at radius 1 is 0.875 bits per heavy atom. The molecule has 2 aromatic carbocycles. The first kappa shape index (κ1) is 22.6. The highest BCUT2D eigenvalue weighted by Crippen LogP contribution is 2.39. The van der Waals surface area contributed by atoms with Gasteiger partial charge in [0.25, 0.3) is 0 Å². The lowest BCUT2D eigenvalue weighted by Crippen LogP contribution is -2.38. The summed E-state index contributed by atoms with van der Waals surface area (Å²) in [7, 11) is 0. The predicted octanol–water partition coefficient (Wildman–Crippen LogP) is 6.07. The number of amides is 2. The van der Waals surface area contributed by atoms with Gasteiger partial charge in [-0.25, -0.2) is 22.8 Å². The number of esters is 1. The molecule has 12 heteroatoms. The van der Waals surface area contributed by atoms with E-state index in [2.05, 4.69) is 10.1 Å². The number of urea groups is 1. The summed E-state index contributed by atoms with van der Waals surface area (Å²) in [6.45, 7) is 0. The average Bonchev–Trinajstić information content (AvgIpc) is 3.66. The zero-order valence-electron chi connectivity index (χ0n) is 16.0. The summed E-state index contributed by atoms with van der Waals surface area (Å²) < 4.78 is 72.0. The van der Waals surface area contributed by atoms with Gasteiger partial charge in [0.1, 0.15) is 0 Å². The molecule has 0 heterocycles. The van der Waals surface area contributed by atoms with Crippen LogP contribution in [0.4, 0.5) is 32.4 Å². The van der Waals surface area contributed by atoms with Gasteiger partial charge in [0.15, 0.2) is 0 Å². The van der Waals surface area contributed by atoms with Gasteiger partial charge in [0.2, 0.25) is 34.8 Å². The molecule has 0 aliphatic heterocycles. The van der Waals surface area contributed by atoms with Gasteiger partial charge in [0.05, 0.1) is 16.3 Å². The molecule has 2 aliphatic carbocycles. The van der Waals surface area contributed by atoms with Crippen LogP contribution in [0.5, 0.6) is 5.75 Å². The first-order valence-electron chi connectivity index (χ1n) is 9.42. The van der Waals surface area contributed by atoms with Crippen molar-refractivity contribution in [3.8, 4) is 5.75 Å². The molecule has 2 saturated carbocycles. The van der Waals surface area contributed by atoms with Crippen LogP contribution < -0.4 is 10.1 Å². The molecule has 0 radical (unpaired) electrons. The summed E-state index contributed by atoms with van der Waals surface area (Å²) in [6, 6.07) is 1.97. The molecular weight excluding hydrogens is 482 g/mol. The Morgan fingerprint density at radius 3 is 1.88 bits per heavy atom. The van der Waals surface area contributed by atoms with E-state index in [-0.39, 0.29) is 27.8 Å². The minimum absolute atomic E-state index is 0.0835. The monoisotopic (exact) mass is 494 g/mol. The minimum atomic E-state index is -2.40. The topological polar surface area (TPSA) is 58.6 Å². The van der Waals surface area contributed by atoms with Gasteiger partial charge >= 0.3 is 12.0 Å².